The molecule has 13 aliphatic carbocycles. The van der Waals surface area contributed by atoms with Crippen LogP contribution in [0, 0.1) is 165 Å². The van der Waals surface area contributed by atoms with Crippen molar-refractivity contribution in [1.29, 1.82) is 0 Å². The van der Waals surface area contributed by atoms with Gasteiger partial charge in [0.05, 0.1) is 25.2 Å². The number of ether oxygens (including phenoxy) is 1. The van der Waals surface area contributed by atoms with Crippen LogP contribution in [0.2, 0.25) is 0 Å². The minimum absolute atomic E-state index is 0. The molecule has 13 saturated carbocycles. The molecule has 0 radical (unpaired) electrons. The molecule has 1 aliphatic heterocycles. The maximum atomic E-state index is 12.0. The van der Waals surface area contributed by atoms with Crippen LogP contribution in [0.4, 0.5) is 0 Å². The molecule has 0 aromatic carbocycles. The van der Waals surface area contributed by atoms with E-state index in [1.165, 1.54) is 38.5 Å². The van der Waals surface area contributed by atoms with E-state index < -0.39 is 0 Å². The summed E-state index contributed by atoms with van der Waals surface area (Å²) < 4.78 is 5.12. The molecule has 14 aliphatic rings. The molecule has 406 valence electrons. The average Bonchev–Trinajstić information content (AvgIpc) is 4.16. The van der Waals surface area contributed by atoms with Crippen LogP contribution in [0.5, 0.6) is 0 Å². The zero-order valence-electron chi connectivity index (χ0n) is 46.4. The van der Waals surface area contributed by atoms with Gasteiger partial charge in [-0.25, -0.2) is 0 Å². The summed E-state index contributed by atoms with van der Waals surface area (Å²) in [5.41, 5.74) is -0.201. The summed E-state index contributed by atoms with van der Waals surface area (Å²) in [6.45, 7) is 29.7. The van der Waals surface area contributed by atoms with Crippen molar-refractivity contribution in [2.75, 3.05) is 0 Å². The Balaban J connectivity index is 0.000000113. The Morgan fingerprint density at radius 1 is 0.479 bits per heavy atom. The van der Waals surface area contributed by atoms with Crippen LogP contribution in [-0.2, 0) is 38.3 Å². The topological polar surface area (TPSA) is 129 Å². The van der Waals surface area contributed by atoms with E-state index in [0.29, 0.717) is 65.9 Å². The van der Waals surface area contributed by atoms with E-state index in [1.54, 1.807) is 6.42 Å². The van der Waals surface area contributed by atoms with Crippen LogP contribution in [0.3, 0.4) is 0 Å². The first kappa shape index (κ1) is 55.0. The smallest absolute Gasteiger partial charge is 0.314 e. The number of Topliss-reactive ketones (excluding diaryl/α,β-unsaturated/α-hetero) is 6. The number of hydrogen-bond acceptors (Lipinski definition) is 8. The Morgan fingerprint density at radius 2 is 1.00 bits per heavy atom. The van der Waals surface area contributed by atoms with Gasteiger partial charge in [0.25, 0.3) is 0 Å². The van der Waals surface area contributed by atoms with Gasteiger partial charge in [0.15, 0.2) is 0 Å². The van der Waals surface area contributed by atoms with Gasteiger partial charge in [0, 0.05) is 42.4 Å². The van der Waals surface area contributed by atoms with Crippen molar-refractivity contribution in [3.05, 3.63) is 12.3 Å². The molecule has 1 spiro atoms. The van der Waals surface area contributed by atoms with E-state index in [2.05, 4.69) is 82.7 Å². The number of esters is 1. The lowest BCUT2D eigenvalue weighted by Gasteiger charge is -2.38. The Hall–Kier alpha value is -2.77. The van der Waals surface area contributed by atoms with Crippen molar-refractivity contribution >= 4 is 40.7 Å². The normalized spacial score (nSPS) is 52.5. The molecule has 1 saturated heterocycles. The monoisotopic (exact) mass is 1010 g/mol. The highest BCUT2D eigenvalue weighted by atomic mass is 16.5. The average molecular weight is 1010 g/mol. The fraction of sp³-hybridized carbons (Fsp3) is 0.862. The molecule has 28 unspecified atom stereocenters. The summed E-state index contributed by atoms with van der Waals surface area (Å²) in [6.07, 6.45) is 15.2. The molecule has 0 amide bonds. The first-order chi connectivity index (χ1) is 34.0. The maximum absolute atomic E-state index is 12.0. The molecule has 10 bridgehead atoms. The van der Waals surface area contributed by atoms with Crippen molar-refractivity contribution < 1.29 is 38.3 Å². The summed E-state index contributed by atoms with van der Waals surface area (Å²) in [6, 6.07) is 0. The minimum Gasteiger partial charge on any atom is -0.431 e. The zero-order chi connectivity index (χ0) is 51.7. The van der Waals surface area contributed by atoms with Crippen LogP contribution in [0.1, 0.15) is 186 Å². The fourth-order valence-corrected chi connectivity index (χ4v) is 21.3. The highest BCUT2D eigenvalue weighted by molar-refractivity contribution is 6.10. The lowest BCUT2D eigenvalue weighted by atomic mass is 9.64. The van der Waals surface area contributed by atoms with Crippen LogP contribution < -0.4 is 0 Å². The number of fused-ring (bicyclic) bond motifs is 14. The van der Waals surface area contributed by atoms with Crippen molar-refractivity contribution in [1.82, 2.24) is 0 Å². The molecule has 14 fully saturated rings. The number of ketones is 6. The predicted octanol–water partition coefficient (Wildman–Crippen LogP) is 13.3. The second kappa shape index (κ2) is 20.6. The molecule has 1 heterocycles. The molecular weight excluding hydrogens is 909 g/mol. The summed E-state index contributed by atoms with van der Waals surface area (Å²) >= 11 is 0. The lowest BCUT2D eigenvalue weighted by Crippen LogP contribution is -2.38. The van der Waals surface area contributed by atoms with E-state index in [1.807, 2.05) is 0 Å². The van der Waals surface area contributed by atoms with Crippen LogP contribution in [0.25, 0.3) is 0 Å². The van der Waals surface area contributed by atoms with Gasteiger partial charge in [-0.2, -0.15) is 0 Å². The lowest BCUT2D eigenvalue weighted by molar-refractivity contribution is -0.141. The summed E-state index contributed by atoms with van der Waals surface area (Å²) in [7, 11) is 0. The van der Waals surface area contributed by atoms with E-state index in [4.69, 9.17) is 4.74 Å². The molecule has 8 heteroatoms. The molecular formula is C65H98O8. The fourth-order valence-electron chi connectivity index (χ4n) is 21.3. The minimum atomic E-state index is -0.201. The van der Waals surface area contributed by atoms with Gasteiger partial charge in [-0.1, -0.05) is 90.2 Å². The number of carbonyl (C=O) groups is 7. The Morgan fingerprint density at radius 3 is 1.44 bits per heavy atom. The first-order valence-electron chi connectivity index (χ1n) is 30.0. The van der Waals surface area contributed by atoms with Gasteiger partial charge in [0.2, 0.25) is 0 Å². The molecule has 0 aromatic rings. The van der Waals surface area contributed by atoms with E-state index in [9.17, 15) is 33.6 Å². The van der Waals surface area contributed by atoms with Gasteiger partial charge < -0.3 is 4.74 Å². The maximum Gasteiger partial charge on any atom is 0.314 e. The van der Waals surface area contributed by atoms with Crippen LogP contribution in [0.15, 0.2) is 12.3 Å². The number of allylic oxidation sites excluding steroid dienone is 1. The van der Waals surface area contributed by atoms with Gasteiger partial charge in [-0.15, -0.1) is 0 Å². The third kappa shape index (κ3) is 9.32. The van der Waals surface area contributed by atoms with E-state index >= 15 is 0 Å². The number of carbonyl (C=O) groups excluding carboxylic acids is 7. The van der Waals surface area contributed by atoms with Crippen molar-refractivity contribution in [2.45, 2.75) is 186 Å². The van der Waals surface area contributed by atoms with Crippen LogP contribution >= 0.6 is 0 Å². The predicted molar refractivity (Wildman–Crippen MR) is 285 cm³/mol. The van der Waals surface area contributed by atoms with Crippen molar-refractivity contribution in [2.24, 2.45) is 165 Å². The first-order valence-corrected chi connectivity index (χ1v) is 30.0. The standard InChI is InChI=1S/C15H22O2.C14H20O2.C13H18O2.C12H16O2.C10H18.CH4/c1-8-9(2)14-6-10(8)3-11(14)4-12-5-13(16)7-15(12)17;1-7-4-13(14(15)16-7)12-6-10-5-11(12)9(3)8(10)2;1-7-8(2)11-3-9(7)5-13(11)6-10(14)4-12(13)15;1-5-6(2)8-3-7(5)11-9(13)4-10(14)12(8)11;1-6-4-9-5-10(6)8(3)7(9)2;/h8-12,14H,3-7H2,1-2H3;8-13H,1,4-6H2,2-3H3;7-9,11H,3-6H2,1-2H3;5-8,11-12H,3-4H2,1-2H3;6-10H,4-5H2,1-3H3;1H4. The van der Waals surface area contributed by atoms with Crippen molar-refractivity contribution in [3.63, 3.8) is 0 Å². The molecule has 8 nitrogen and oxygen atoms in total. The third-order valence-corrected chi connectivity index (χ3v) is 26.3. The Labute approximate surface area is 441 Å². The second-order valence-electron chi connectivity index (χ2n) is 28.8. The van der Waals surface area contributed by atoms with Crippen molar-refractivity contribution in [3.8, 4) is 0 Å². The largest absolute Gasteiger partial charge is 0.431 e. The van der Waals surface area contributed by atoms with Crippen LogP contribution in [-0.4, -0.2) is 40.7 Å². The molecule has 14 rings (SSSR count). The van der Waals surface area contributed by atoms with Gasteiger partial charge in [0.1, 0.15) is 40.5 Å². The number of cyclic esters (lactones) is 1. The highest BCUT2D eigenvalue weighted by Gasteiger charge is 2.64. The number of hydrogen-bond donors (Lipinski definition) is 0. The summed E-state index contributed by atoms with van der Waals surface area (Å²) in [5, 5.41) is 0. The second-order valence-corrected chi connectivity index (χ2v) is 28.8. The molecule has 0 N–H and O–H groups in total. The molecule has 28 atom stereocenters. The highest BCUT2D eigenvalue weighted by Crippen LogP contribution is 2.65. The van der Waals surface area contributed by atoms with Gasteiger partial charge >= 0.3 is 5.97 Å². The van der Waals surface area contributed by atoms with Gasteiger partial charge in [-0.3, -0.25) is 33.6 Å². The van der Waals surface area contributed by atoms with E-state index in [0.717, 1.165) is 114 Å². The third-order valence-electron chi connectivity index (χ3n) is 26.3. The summed E-state index contributed by atoms with van der Waals surface area (Å²) in [5.74, 6) is 20.6. The summed E-state index contributed by atoms with van der Waals surface area (Å²) in [4.78, 5) is 81.6. The quantitative estimate of drug-likeness (QED) is 0.202. The number of rotatable bonds is 3. The zero-order valence-corrected chi connectivity index (χ0v) is 46.4. The Bertz CT molecular complexity index is 2170. The molecule has 0 aromatic heterocycles. The molecule has 73 heavy (non-hydrogen) atoms. The van der Waals surface area contributed by atoms with Gasteiger partial charge in [-0.05, 0) is 200 Å². The van der Waals surface area contributed by atoms with E-state index in [-0.39, 0.29) is 96.4 Å². The SMILES string of the molecule is C.C=C1CC(C2CC3CC2C(C)C3C)C(=O)O1.CC1C(C)C2CC1C1C(=O)CC(=O)C21.CC1C2CC(C1C)C1(CC(=O)CC1=O)C2.CC1C2CC(CC3CC(=O)CC3=O)C(C2)C1C.CC1CC2CC1C(C)C2C. The Kier molecular flexibility index (Phi) is 15.5.